The molecule has 3 heteroatoms. The lowest BCUT2D eigenvalue weighted by Crippen LogP contribution is -2.35. The number of hydrogen-bond acceptors (Lipinski definition) is 2. The standard InChI is InChI=1S/C13H18N2O/c1-3-8-15(2)13(16)12-9-10-6-4-5-7-11(10)14-12/h8-11,14H,1,4-7H2,2H3. The fourth-order valence-corrected chi connectivity index (χ4v) is 2.52. The number of fused-ring (bicyclic) bond motifs is 1. The molecule has 2 atom stereocenters. The molecule has 1 aliphatic heterocycles. The van der Waals surface area contributed by atoms with Crippen LogP contribution in [-0.2, 0) is 4.79 Å². The second-order valence-corrected chi connectivity index (χ2v) is 4.53. The zero-order valence-corrected chi connectivity index (χ0v) is 9.70. The zero-order valence-electron chi connectivity index (χ0n) is 9.70. The van der Waals surface area contributed by atoms with Crippen LogP contribution < -0.4 is 5.32 Å². The summed E-state index contributed by atoms with van der Waals surface area (Å²) >= 11 is 0. The number of nitrogens with one attached hydrogen (secondary N) is 1. The lowest BCUT2D eigenvalue weighted by atomic mass is 9.86. The molecule has 0 aromatic rings. The summed E-state index contributed by atoms with van der Waals surface area (Å²) in [4.78, 5) is 13.5. The maximum atomic E-state index is 12.0. The van der Waals surface area contributed by atoms with Crippen LogP contribution in [0, 0.1) is 5.92 Å². The normalized spacial score (nSPS) is 27.2. The first-order valence-corrected chi connectivity index (χ1v) is 5.84. The SMILES string of the molecule is C=C=CN(C)C(=O)C1=CC2CCCCC2N1. The van der Waals surface area contributed by atoms with E-state index in [0.29, 0.717) is 12.0 Å². The smallest absolute Gasteiger partial charge is 0.273 e. The van der Waals surface area contributed by atoms with Crippen LogP contribution in [0.2, 0.25) is 0 Å². The van der Waals surface area contributed by atoms with Crippen LogP contribution in [-0.4, -0.2) is 23.9 Å². The average molecular weight is 218 g/mol. The van der Waals surface area contributed by atoms with Gasteiger partial charge < -0.3 is 10.2 Å². The molecule has 86 valence electrons. The molecule has 1 fully saturated rings. The molecule has 1 saturated carbocycles. The van der Waals surface area contributed by atoms with E-state index in [9.17, 15) is 4.79 Å². The van der Waals surface area contributed by atoms with Crippen LogP contribution in [0.15, 0.2) is 30.3 Å². The molecule has 1 N–H and O–H groups in total. The van der Waals surface area contributed by atoms with Gasteiger partial charge in [0.1, 0.15) is 0 Å². The quantitative estimate of drug-likeness (QED) is 0.717. The minimum absolute atomic E-state index is 0.00514. The van der Waals surface area contributed by atoms with Crippen molar-refractivity contribution in [3.05, 3.63) is 30.3 Å². The van der Waals surface area contributed by atoms with Gasteiger partial charge in [-0.05, 0) is 18.8 Å². The van der Waals surface area contributed by atoms with Crippen molar-refractivity contribution in [3.63, 3.8) is 0 Å². The number of hydrogen-bond donors (Lipinski definition) is 1. The molecular formula is C13H18N2O. The summed E-state index contributed by atoms with van der Waals surface area (Å²) in [5.74, 6) is 0.555. The van der Waals surface area contributed by atoms with E-state index in [1.807, 2.05) is 0 Å². The molecule has 0 bridgehead atoms. The highest BCUT2D eigenvalue weighted by molar-refractivity contribution is 5.93. The Hall–Kier alpha value is -1.47. The minimum atomic E-state index is 0.00514. The summed E-state index contributed by atoms with van der Waals surface area (Å²) < 4.78 is 0. The van der Waals surface area contributed by atoms with E-state index in [0.717, 1.165) is 5.70 Å². The lowest BCUT2D eigenvalue weighted by Gasteiger charge is -2.25. The molecule has 0 aromatic carbocycles. The van der Waals surface area contributed by atoms with Crippen LogP contribution in [0.1, 0.15) is 25.7 Å². The highest BCUT2D eigenvalue weighted by Gasteiger charge is 2.32. The first kappa shape index (κ1) is 11.0. The summed E-state index contributed by atoms with van der Waals surface area (Å²) in [5, 5.41) is 3.33. The van der Waals surface area contributed by atoms with Gasteiger partial charge in [0.25, 0.3) is 5.91 Å². The Kier molecular flexibility index (Phi) is 3.16. The predicted molar refractivity (Wildman–Crippen MR) is 63.4 cm³/mol. The van der Waals surface area contributed by atoms with E-state index in [2.05, 4.69) is 23.7 Å². The molecule has 1 heterocycles. The fraction of sp³-hybridized carbons (Fsp3) is 0.538. The summed E-state index contributed by atoms with van der Waals surface area (Å²) in [6.07, 6.45) is 8.59. The van der Waals surface area contributed by atoms with Gasteiger partial charge in [-0.1, -0.05) is 25.5 Å². The van der Waals surface area contributed by atoms with Crippen molar-refractivity contribution in [1.82, 2.24) is 10.2 Å². The third kappa shape index (κ3) is 2.05. The summed E-state index contributed by atoms with van der Waals surface area (Å²) in [7, 11) is 1.73. The highest BCUT2D eigenvalue weighted by atomic mass is 16.2. The first-order valence-electron chi connectivity index (χ1n) is 5.84. The minimum Gasteiger partial charge on any atom is -0.378 e. The van der Waals surface area contributed by atoms with E-state index in [1.165, 1.54) is 30.6 Å². The highest BCUT2D eigenvalue weighted by Crippen LogP contribution is 2.31. The van der Waals surface area contributed by atoms with Crippen LogP contribution in [0.5, 0.6) is 0 Å². The Labute approximate surface area is 96.5 Å². The number of nitrogens with zero attached hydrogens (tertiary/aromatic N) is 1. The molecule has 3 nitrogen and oxygen atoms in total. The van der Waals surface area contributed by atoms with E-state index in [4.69, 9.17) is 0 Å². The van der Waals surface area contributed by atoms with Gasteiger partial charge in [-0.3, -0.25) is 4.79 Å². The molecule has 1 aliphatic carbocycles. The Morgan fingerprint density at radius 3 is 3.06 bits per heavy atom. The monoisotopic (exact) mass is 218 g/mol. The van der Waals surface area contributed by atoms with Crippen molar-refractivity contribution in [2.24, 2.45) is 5.92 Å². The summed E-state index contributed by atoms with van der Waals surface area (Å²) in [6.45, 7) is 3.47. The Balaban J connectivity index is 2.06. The third-order valence-electron chi connectivity index (χ3n) is 3.38. The van der Waals surface area contributed by atoms with Crippen LogP contribution in [0.25, 0.3) is 0 Å². The van der Waals surface area contributed by atoms with Gasteiger partial charge in [-0.15, -0.1) is 5.73 Å². The molecular weight excluding hydrogens is 200 g/mol. The number of amides is 1. The Morgan fingerprint density at radius 2 is 2.38 bits per heavy atom. The van der Waals surface area contributed by atoms with E-state index in [1.54, 1.807) is 13.2 Å². The molecule has 0 radical (unpaired) electrons. The summed E-state index contributed by atoms with van der Waals surface area (Å²) in [5.41, 5.74) is 3.35. The molecule has 2 unspecified atom stereocenters. The second kappa shape index (κ2) is 4.58. The predicted octanol–water partition coefficient (Wildman–Crippen LogP) is 1.79. The van der Waals surface area contributed by atoms with Crippen molar-refractivity contribution in [2.75, 3.05) is 7.05 Å². The van der Waals surface area contributed by atoms with E-state index in [-0.39, 0.29) is 5.91 Å². The maximum absolute atomic E-state index is 12.0. The maximum Gasteiger partial charge on any atom is 0.273 e. The Bertz CT molecular complexity index is 366. The van der Waals surface area contributed by atoms with Crippen molar-refractivity contribution in [2.45, 2.75) is 31.7 Å². The van der Waals surface area contributed by atoms with E-state index >= 15 is 0 Å². The Morgan fingerprint density at radius 1 is 1.62 bits per heavy atom. The number of carbonyl (C=O) groups is 1. The fourth-order valence-electron chi connectivity index (χ4n) is 2.52. The largest absolute Gasteiger partial charge is 0.378 e. The lowest BCUT2D eigenvalue weighted by molar-refractivity contribution is -0.124. The second-order valence-electron chi connectivity index (χ2n) is 4.53. The molecule has 2 aliphatic rings. The van der Waals surface area contributed by atoms with E-state index < -0.39 is 0 Å². The van der Waals surface area contributed by atoms with Gasteiger partial charge in [0.05, 0.1) is 5.70 Å². The molecule has 0 spiro atoms. The van der Waals surface area contributed by atoms with Gasteiger partial charge in [0.2, 0.25) is 0 Å². The van der Waals surface area contributed by atoms with Crippen LogP contribution in [0.3, 0.4) is 0 Å². The van der Waals surface area contributed by atoms with Crippen molar-refractivity contribution in [3.8, 4) is 0 Å². The third-order valence-corrected chi connectivity index (χ3v) is 3.38. The van der Waals surface area contributed by atoms with Gasteiger partial charge in [0, 0.05) is 19.3 Å². The average Bonchev–Trinajstić information content (AvgIpc) is 2.71. The number of carbonyl (C=O) groups excluding carboxylic acids is 1. The van der Waals surface area contributed by atoms with Gasteiger partial charge in [-0.25, -0.2) is 0 Å². The molecule has 1 amide bonds. The van der Waals surface area contributed by atoms with Crippen LogP contribution in [0.4, 0.5) is 0 Å². The van der Waals surface area contributed by atoms with Gasteiger partial charge >= 0.3 is 0 Å². The number of likely N-dealkylation sites (N-methyl/N-ethyl adjacent to an activating group) is 1. The molecule has 2 rings (SSSR count). The molecule has 0 aromatic heterocycles. The van der Waals surface area contributed by atoms with Gasteiger partial charge in [-0.2, -0.15) is 0 Å². The van der Waals surface area contributed by atoms with Gasteiger partial charge in [0.15, 0.2) is 0 Å². The molecule has 16 heavy (non-hydrogen) atoms. The van der Waals surface area contributed by atoms with Crippen LogP contribution >= 0.6 is 0 Å². The van der Waals surface area contributed by atoms with Crippen molar-refractivity contribution >= 4 is 5.91 Å². The topological polar surface area (TPSA) is 32.3 Å². The summed E-state index contributed by atoms with van der Waals surface area (Å²) in [6, 6.07) is 0.480. The first-order chi connectivity index (χ1) is 7.72. The molecule has 0 saturated heterocycles. The zero-order chi connectivity index (χ0) is 11.5. The number of rotatable bonds is 2. The van der Waals surface area contributed by atoms with Crippen molar-refractivity contribution < 1.29 is 4.79 Å². The van der Waals surface area contributed by atoms with Crippen molar-refractivity contribution in [1.29, 1.82) is 0 Å².